The quantitative estimate of drug-likeness (QED) is 0.277. The Morgan fingerprint density at radius 3 is 2.64 bits per heavy atom. The first kappa shape index (κ1) is 25.2. The lowest BCUT2D eigenvalue weighted by molar-refractivity contribution is -0.142. The second kappa shape index (κ2) is 9.88. The van der Waals surface area contributed by atoms with E-state index in [1.807, 2.05) is 48.5 Å². The molecule has 2 atom stereocenters. The number of carboxylic acids is 1. The van der Waals surface area contributed by atoms with Crippen LogP contribution in [0.1, 0.15) is 16.7 Å². The minimum Gasteiger partial charge on any atom is -0.480 e. The average Bonchev–Trinajstić information content (AvgIpc) is 3.59. The Morgan fingerprint density at radius 1 is 1.05 bits per heavy atom. The third-order valence-electron chi connectivity index (χ3n) is 7.06. The number of aliphatic carboxylic acids is 1. The van der Waals surface area contributed by atoms with E-state index in [4.69, 9.17) is 0 Å². The molecular weight excluding hydrogens is 538 g/mol. The monoisotopic (exact) mass is 561 g/mol. The molecular formula is C27H23N5O5S2. The number of hydrogen-bond donors (Lipinski definition) is 3. The van der Waals surface area contributed by atoms with Gasteiger partial charge in [-0.05, 0) is 41.3 Å². The third kappa shape index (κ3) is 4.56. The van der Waals surface area contributed by atoms with Crippen molar-refractivity contribution in [2.45, 2.75) is 36.4 Å². The number of carboxylic acid groups (broad SMARTS) is 1. The van der Waals surface area contributed by atoms with Crippen molar-refractivity contribution < 1.29 is 23.1 Å². The lowest BCUT2D eigenvalue weighted by Gasteiger charge is -2.35. The molecule has 6 rings (SSSR count). The van der Waals surface area contributed by atoms with Crippen LogP contribution in [0.2, 0.25) is 0 Å². The van der Waals surface area contributed by atoms with E-state index in [1.165, 1.54) is 6.07 Å². The highest BCUT2D eigenvalue weighted by Crippen LogP contribution is 2.32. The fourth-order valence-electron chi connectivity index (χ4n) is 5.08. The van der Waals surface area contributed by atoms with Crippen molar-refractivity contribution in [3.63, 3.8) is 0 Å². The van der Waals surface area contributed by atoms with Crippen LogP contribution in [0, 0.1) is 0 Å². The first-order valence-corrected chi connectivity index (χ1v) is 14.4. The number of nitrogens with zero attached hydrogens (tertiary/aromatic N) is 3. The Kier molecular flexibility index (Phi) is 6.37. The highest BCUT2D eigenvalue weighted by Gasteiger charge is 2.41. The van der Waals surface area contributed by atoms with Gasteiger partial charge in [0.25, 0.3) is 0 Å². The van der Waals surface area contributed by atoms with Crippen molar-refractivity contribution in [3.05, 3.63) is 89.6 Å². The van der Waals surface area contributed by atoms with Crippen LogP contribution in [-0.4, -0.2) is 55.5 Å². The number of aromatic amines is 1. The fraction of sp³-hybridized carbons (Fsp3) is 0.185. The lowest BCUT2D eigenvalue weighted by Crippen LogP contribution is -2.55. The molecule has 0 saturated carbocycles. The summed E-state index contributed by atoms with van der Waals surface area (Å²) in [6, 6.07) is 17.1. The van der Waals surface area contributed by atoms with Crippen LogP contribution < -0.4 is 5.32 Å². The molecule has 3 N–H and O–H groups in total. The fourth-order valence-corrected chi connectivity index (χ4v) is 7.40. The highest BCUT2D eigenvalue weighted by molar-refractivity contribution is 7.89. The molecule has 0 spiro atoms. The van der Waals surface area contributed by atoms with Gasteiger partial charge in [-0.15, -0.1) is 0 Å². The van der Waals surface area contributed by atoms with E-state index in [0.717, 1.165) is 43.6 Å². The van der Waals surface area contributed by atoms with E-state index < -0.39 is 34.0 Å². The minimum atomic E-state index is -4.21. The number of fused-ring (bicyclic) bond motifs is 3. The summed E-state index contributed by atoms with van der Waals surface area (Å²) in [5, 5.41) is 13.5. The summed E-state index contributed by atoms with van der Waals surface area (Å²) in [6.45, 7) is -0.0370. The van der Waals surface area contributed by atoms with Crippen LogP contribution in [0.4, 0.5) is 0 Å². The number of para-hydroxylation sites is 1. The van der Waals surface area contributed by atoms with Gasteiger partial charge in [-0.25, -0.2) is 13.2 Å². The van der Waals surface area contributed by atoms with Crippen LogP contribution in [0.5, 0.6) is 0 Å². The maximum Gasteiger partial charge on any atom is 0.326 e. The summed E-state index contributed by atoms with van der Waals surface area (Å²) in [6.07, 6.45) is 1.86. The molecule has 2 aromatic heterocycles. The molecule has 0 fully saturated rings. The van der Waals surface area contributed by atoms with Gasteiger partial charge in [0.2, 0.25) is 15.9 Å². The summed E-state index contributed by atoms with van der Waals surface area (Å²) in [5.74, 6) is -1.89. The van der Waals surface area contributed by atoms with Gasteiger partial charge in [-0.3, -0.25) is 4.79 Å². The third-order valence-corrected chi connectivity index (χ3v) is 9.49. The first-order chi connectivity index (χ1) is 18.8. The van der Waals surface area contributed by atoms with Crippen molar-refractivity contribution in [1.82, 2.24) is 23.4 Å². The summed E-state index contributed by atoms with van der Waals surface area (Å²) in [4.78, 5) is 29.0. The standard InChI is InChI=1S/C27H23N5O5S2/c33-26(29-22(27(34)35)12-18-14-28-20-9-4-3-8-19(18)20)23-13-16-6-1-2-7-17(16)15-32(23)39(36,37)24-11-5-10-21-25(24)31-38-30-21/h1-11,14,22-23,28H,12-13,15H2,(H,29,33)(H,34,35)/t22?,23-/m0/s1. The van der Waals surface area contributed by atoms with Crippen molar-refractivity contribution in [2.24, 2.45) is 0 Å². The molecule has 1 aliphatic rings. The molecule has 0 radical (unpaired) electrons. The Bertz CT molecular complexity index is 1830. The minimum absolute atomic E-state index is 0.0327. The average molecular weight is 562 g/mol. The molecule has 3 heterocycles. The lowest BCUT2D eigenvalue weighted by atomic mass is 9.95. The summed E-state index contributed by atoms with van der Waals surface area (Å²) >= 11 is 0.909. The van der Waals surface area contributed by atoms with E-state index in [2.05, 4.69) is 19.0 Å². The zero-order valence-corrected chi connectivity index (χ0v) is 22.1. The van der Waals surface area contributed by atoms with Crippen LogP contribution in [-0.2, 0) is 39.0 Å². The van der Waals surface area contributed by atoms with Gasteiger partial charge in [0.15, 0.2) is 0 Å². The number of amides is 1. The second-order valence-electron chi connectivity index (χ2n) is 9.39. The second-order valence-corrected chi connectivity index (χ2v) is 11.8. The van der Waals surface area contributed by atoms with Crippen molar-refractivity contribution >= 4 is 55.6 Å². The van der Waals surface area contributed by atoms with Gasteiger partial charge in [0.05, 0.1) is 11.7 Å². The maximum atomic E-state index is 14.0. The number of carbonyl (C=O) groups is 2. The number of H-pyrrole nitrogens is 1. The summed E-state index contributed by atoms with van der Waals surface area (Å²) < 4.78 is 37.5. The molecule has 12 heteroatoms. The molecule has 1 unspecified atom stereocenters. The van der Waals surface area contributed by atoms with Crippen molar-refractivity contribution in [3.8, 4) is 0 Å². The number of hydrogen-bond acceptors (Lipinski definition) is 7. The Balaban J connectivity index is 1.34. The normalized spacial score (nSPS) is 16.7. The summed E-state index contributed by atoms with van der Waals surface area (Å²) in [5.41, 5.74) is 3.89. The zero-order chi connectivity index (χ0) is 27.1. The predicted octanol–water partition coefficient (Wildman–Crippen LogP) is 3.10. The van der Waals surface area contributed by atoms with Gasteiger partial charge in [-0.1, -0.05) is 48.5 Å². The largest absolute Gasteiger partial charge is 0.480 e. The molecule has 1 aliphatic heterocycles. The number of nitrogens with one attached hydrogen (secondary N) is 2. The van der Waals surface area contributed by atoms with Crippen LogP contribution in [0.15, 0.2) is 77.8 Å². The topological polar surface area (TPSA) is 145 Å². The van der Waals surface area contributed by atoms with Crippen molar-refractivity contribution in [1.29, 1.82) is 0 Å². The Hall–Kier alpha value is -4.13. The molecule has 5 aromatic rings. The molecule has 198 valence electrons. The first-order valence-electron chi connectivity index (χ1n) is 12.2. The number of sulfonamides is 1. The van der Waals surface area contributed by atoms with E-state index in [1.54, 1.807) is 18.3 Å². The van der Waals surface area contributed by atoms with Gasteiger partial charge in [0.1, 0.15) is 28.0 Å². The van der Waals surface area contributed by atoms with E-state index in [9.17, 15) is 23.1 Å². The van der Waals surface area contributed by atoms with E-state index in [-0.39, 0.29) is 29.8 Å². The molecule has 0 aliphatic carbocycles. The number of aromatic nitrogens is 3. The molecule has 10 nitrogen and oxygen atoms in total. The number of rotatable bonds is 7. The molecule has 0 saturated heterocycles. The van der Waals surface area contributed by atoms with E-state index >= 15 is 0 Å². The van der Waals surface area contributed by atoms with Crippen LogP contribution in [0.3, 0.4) is 0 Å². The van der Waals surface area contributed by atoms with Gasteiger partial charge in [0, 0.05) is 30.1 Å². The Morgan fingerprint density at radius 2 is 1.82 bits per heavy atom. The number of carbonyl (C=O) groups excluding carboxylic acids is 1. The maximum absolute atomic E-state index is 14.0. The van der Waals surface area contributed by atoms with Crippen LogP contribution >= 0.6 is 11.7 Å². The summed E-state index contributed by atoms with van der Waals surface area (Å²) in [7, 11) is -4.21. The Labute approximate surface area is 227 Å². The number of benzene rings is 3. The van der Waals surface area contributed by atoms with Crippen LogP contribution in [0.25, 0.3) is 21.9 Å². The molecule has 3 aromatic carbocycles. The van der Waals surface area contributed by atoms with Gasteiger partial charge >= 0.3 is 5.97 Å². The van der Waals surface area contributed by atoms with E-state index in [0.29, 0.717) is 5.52 Å². The highest BCUT2D eigenvalue weighted by atomic mass is 32.2. The molecule has 0 bridgehead atoms. The zero-order valence-electron chi connectivity index (χ0n) is 20.4. The van der Waals surface area contributed by atoms with Crippen molar-refractivity contribution in [2.75, 3.05) is 0 Å². The SMILES string of the molecule is O=C(O)C(Cc1c[nH]c2ccccc12)NC(=O)[C@@H]1Cc2ccccc2CN1S(=O)(=O)c1cccc2nsnc12. The molecule has 1 amide bonds. The predicted molar refractivity (Wildman–Crippen MR) is 146 cm³/mol. The smallest absolute Gasteiger partial charge is 0.326 e. The van der Waals surface area contributed by atoms with Gasteiger partial charge in [-0.2, -0.15) is 13.1 Å². The molecule has 39 heavy (non-hydrogen) atoms. The van der Waals surface area contributed by atoms with Gasteiger partial charge < -0.3 is 15.4 Å².